The molecular formula is C14H9Cl2N3O. The van der Waals surface area contributed by atoms with Gasteiger partial charge in [0, 0.05) is 6.20 Å². The first kappa shape index (κ1) is 13.1. The van der Waals surface area contributed by atoms with Gasteiger partial charge >= 0.3 is 0 Å². The Bertz CT molecular complexity index is 854. The van der Waals surface area contributed by atoms with Gasteiger partial charge in [-0.15, -0.1) is 0 Å². The minimum atomic E-state index is -0.240. The highest BCUT2D eigenvalue weighted by molar-refractivity contribution is 6.37. The lowest BCUT2D eigenvalue weighted by Crippen LogP contribution is -2.23. The van der Waals surface area contributed by atoms with Crippen LogP contribution in [0.5, 0.6) is 0 Å². The maximum Gasteiger partial charge on any atom is 0.267 e. The smallest absolute Gasteiger partial charge is 0.267 e. The second-order valence-corrected chi connectivity index (χ2v) is 5.06. The molecular weight excluding hydrogens is 297 g/mol. The van der Waals surface area contributed by atoms with Crippen molar-refractivity contribution in [3.8, 4) is 5.69 Å². The van der Waals surface area contributed by atoms with Gasteiger partial charge in [-0.2, -0.15) is 0 Å². The van der Waals surface area contributed by atoms with Gasteiger partial charge in [-0.25, -0.2) is 9.97 Å². The second-order valence-electron chi connectivity index (χ2n) is 4.24. The molecule has 0 radical (unpaired) electrons. The van der Waals surface area contributed by atoms with E-state index in [4.69, 9.17) is 23.2 Å². The molecule has 2 heterocycles. The molecule has 4 nitrogen and oxygen atoms in total. The number of fused-ring (bicyclic) bond motifs is 1. The minimum Gasteiger partial charge on any atom is -0.268 e. The number of hydrogen-bond acceptors (Lipinski definition) is 3. The first-order valence-corrected chi connectivity index (χ1v) is 6.64. The Morgan fingerprint density at radius 2 is 1.80 bits per heavy atom. The van der Waals surface area contributed by atoms with Crippen LogP contribution in [0.2, 0.25) is 10.0 Å². The lowest BCUT2D eigenvalue weighted by Gasteiger charge is -2.13. The van der Waals surface area contributed by atoms with Gasteiger partial charge in [-0.05, 0) is 31.2 Å². The lowest BCUT2D eigenvalue weighted by atomic mass is 10.2. The van der Waals surface area contributed by atoms with Crippen LogP contribution in [0.1, 0.15) is 5.82 Å². The molecule has 0 amide bonds. The van der Waals surface area contributed by atoms with Gasteiger partial charge in [0.2, 0.25) is 0 Å². The summed E-state index contributed by atoms with van der Waals surface area (Å²) in [5.74, 6) is 0.483. The summed E-state index contributed by atoms with van der Waals surface area (Å²) >= 11 is 12.3. The molecule has 3 rings (SSSR count). The Hall–Kier alpha value is -1.91. The van der Waals surface area contributed by atoms with Gasteiger partial charge in [-0.3, -0.25) is 9.36 Å². The fraction of sp³-hybridized carbons (Fsp3) is 0.0714. The van der Waals surface area contributed by atoms with Crippen LogP contribution >= 0.6 is 23.2 Å². The normalized spacial score (nSPS) is 10.9. The molecule has 0 fully saturated rings. The van der Waals surface area contributed by atoms with Crippen molar-refractivity contribution in [1.29, 1.82) is 0 Å². The van der Waals surface area contributed by atoms with Crippen LogP contribution in [0, 0.1) is 6.92 Å². The van der Waals surface area contributed by atoms with E-state index < -0.39 is 0 Å². The highest BCUT2D eigenvalue weighted by atomic mass is 35.5. The average Bonchev–Trinajstić information content (AvgIpc) is 2.42. The number of benzene rings is 1. The Kier molecular flexibility index (Phi) is 3.20. The number of nitrogens with zero attached hydrogens (tertiary/aromatic N) is 3. The zero-order valence-electron chi connectivity index (χ0n) is 10.5. The van der Waals surface area contributed by atoms with Crippen LogP contribution in [0.4, 0.5) is 0 Å². The van der Waals surface area contributed by atoms with E-state index in [1.807, 2.05) is 0 Å². The van der Waals surface area contributed by atoms with Gasteiger partial charge in [0.1, 0.15) is 5.82 Å². The molecule has 0 saturated carbocycles. The molecule has 6 heteroatoms. The summed E-state index contributed by atoms with van der Waals surface area (Å²) in [4.78, 5) is 21.0. The summed E-state index contributed by atoms with van der Waals surface area (Å²) in [5, 5.41) is 1.22. The van der Waals surface area contributed by atoms with Crippen molar-refractivity contribution >= 4 is 34.2 Å². The highest BCUT2D eigenvalue weighted by Gasteiger charge is 2.15. The second kappa shape index (κ2) is 4.89. The van der Waals surface area contributed by atoms with Crippen molar-refractivity contribution in [1.82, 2.24) is 14.5 Å². The third-order valence-electron chi connectivity index (χ3n) is 2.97. The summed E-state index contributed by atoms with van der Waals surface area (Å²) in [6.45, 7) is 1.72. The van der Waals surface area contributed by atoms with Crippen LogP contribution in [0.15, 0.2) is 41.3 Å². The monoisotopic (exact) mass is 305 g/mol. The number of pyridine rings is 1. The van der Waals surface area contributed by atoms with Crippen molar-refractivity contribution in [3.05, 3.63) is 62.8 Å². The molecule has 0 spiro atoms. The summed E-state index contributed by atoms with van der Waals surface area (Å²) in [7, 11) is 0. The van der Waals surface area contributed by atoms with Crippen LogP contribution in [-0.4, -0.2) is 14.5 Å². The number of aryl methyl sites for hydroxylation is 1. The van der Waals surface area contributed by atoms with Gasteiger partial charge in [-0.1, -0.05) is 29.3 Å². The third kappa shape index (κ3) is 1.97. The van der Waals surface area contributed by atoms with E-state index in [1.54, 1.807) is 43.5 Å². The van der Waals surface area contributed by atoms with E-state index in [0.717, 1.165) is 0 Å². The number of rotatable bonds is 1. The van der Waals surface area contributed by atoms with E-state index in [0.29, 0.717) is 32.6 Å². The maximum atomic E-state index is 12.6. The fourth-order valence-corrected chi connectivity index (χ4v) is 2.66. The summed E-state index contributed by atoms with van der Waals surface area (Å²) in [6.07, 6.45) is 1.60. The summed E-state index contributed by atoms with van der Waals surface area (Å²) in [5.41, 5.74) is 0.613. The van der Waals surface area contributed by atoms with Crippen LogP contribution in [0.25, 0.3) is 16.7 Å². The molecule has 0 saturated heterocycles. The molecule has 0 aliphatic carbocycles. The Morgan fingerprint density at radius 3 is 2.50 bits per heavy atom. The van der Waals surface area contributed by atoms with E-state index in [9.17, 15) is 4.79 Å². The van der Waals surface area contributed by atoms with Crippen molar-refractivity contribution in [2.75, 3.05) is 0 Å². The Balaban J connectivity index is 2.46. The first-order valence-electron chi connectivity index (χ1n) is 5.88. The molecule has 0 bridgehead atoms. The molecule has 0 aliphatic rings. The summed E-state index contributed by atoms with van der Waals surface area (Å²) < 4.78 is 1.41. The highest BCUT2D eigenvalue weighted by Crippen LogP contribution is 2.28. The zero-order chi connectivity index (χ0) is 14.3. The average molecular weight is 306 g/mol. The van der Waals surface area contributed by atoms with Crippen LogP contribution < -0.4 is 5.56 Å². The fourth-order valence-electron chi connectivity index (χ4n) is 2.09. The number of aromatic nitrogens is 3. The van der Waals surface area contributed by atoms with Crippen molar-refractivity contribution in [3.63, 3.8) is 0 Å². The van der Waals surface area contributed by atoms with Gasteiger partial charge in [0.15, 0.2) is 5.65 Å². The quantitative estimate of drug-likeness (QED) is 0.692. The van der Waals surface area contributed by atoms with Crippen molar-refractivity contribution < 1.29 is 0 Å². The maximum absolute atomic E-state index is 12.6. The van der Waals surface area contributed by atoms with Gasteiger partial charge < -0.3 is 0 Å². The van der Waals surface area contributed by atoms with Crippen LogP contribution in [-0.2, 0) is 0 Å². The molecule has 100 valence electrons. The SMILES string of the molecule is Cc1nc2ncccc2c(=O)n1-c1c(Cl)cccc1Cl. The van der Waals surface area contributed by atoms with E-state index in [1.165, 1.54) is 4.57 Å². The Labute approximate surface area is 124 Å². The topological polar surface area (TPSA) is 47.8 Å². The molecule has 0 N–H and O–H groups in total. The van der Waals surface area contributed by atoms with E-state index >= 15 is 0 Å². The third-order valence-corrected chi connectivity index (χ3v) is 3.58. The van der Waals surface area contributed by atoms with Crippen LogP contribution in [0.3, 0.4) is 0 Å². The van der Waals surface area contributed by atoms with Gasteiger partial charge in [0.25, 0.3) is 5.56 Å². The minimum absolute atomic E-state index is 0.240. The van der Waals surface area contributed by atoms with E-state index in [2.05, 4.69) is 9.97 Å². The zero-order valence-corrected chi connectivity index (χ0v) is 12.0. The Morgan fingerprint density at radius 1 is 1.10 bits per heavy atom. The number of hydrogen-bond donors (Lipinski definition) is 0. The largest absolute Gasteiger partial charge is 0.268 e. The predicted molar refractivity (Wildman–Crippen MR) is 79.9 cm³/mol. The van der Waals surface area contributed by atoms with Crippen molar-refractivity contribution in [2.24, 2.45) is 0 Å². The molecule has 20 heavy (non-hydrogen) atoms. The first-order chi connectivity index (χ1) is 9.59. The predicted octanol–water partition coefficient (Wildman–Crippen LogP) is 3.40. The molecule has 2 aromatic heterocycles. The van der Waals surface area contributed by atoms with Gasteiger partial charge in [0.05, 0.1) is 21.1 Å². The molecule has 0 unspecified atom stereocenters. The lowest BCUT2D eigenvalue weighted by molar-refractivity contribution is 0.889. The number of halogens is 2. The summed E-state index contributed by atoms with van der Waals surface area (Å²) in [6, 6.07) is 8.46. The molecule has 3 aromatic rings. The molecule has 0 aliphatic heterocycles. The molecule has 0 atom stereocenters. The van der Waals surface area contributed by atoms with E-state index in [-0.39, 0.29) is 5.56 Å². The van der Waals surface area contributed by atoms with Crippen molar-refractivity contribution in [2.45, 2.75) is 6.92 Å². The number of para-hydroxylation sites is 1. The standard InChI is InChI=1S/C14H9Cl2N3O/c1-8-18-13-9(4-3-7-17-13)14(20)19(8)12-10(15)5-2-6-11(12)16/h2-7H,1H3. The molecule has 1 aromatic carbocycles.